The molecule has 11 rings (SSSR count). The average Bonchev–Trinajstić information content (AvgIpc) is 3.78. The molecule has 0 amide bonds. The number of para-hydroxylation sites is 3. The van der Waals surface area contributed by atoms with Crippen LogP contribution in [0.25, 0.3) is 100 Å². The van der Waals surface area contributed by atoms with Crippen LogP contribution < -0.4 is 0 Å². The lowest BCUT2D eigenvalue weighted by Crippen LogP contribution is -2.06. The average molecular weight is 716 g/mol. The maximum atomic E-state index is 5.25. The fourth-order valence-corrected chi connectivity index (χ4v) is 8.11. The molecule has 0 fully saturated rings. The highest BCUT2D eigenvalue weighted by Gasteiger charge is 2.21. The van der Waals surface area contributed by atoms with E-state index in [0.29, 0.717) is 17.6 Å². The summed E-state index contributed by atoms with van der Waals surface area (Å²) in [6.45, 7) is 0. The number of hydrogen-bond acceptors (Lipinski definition) is 3. The molecule has 5 heteroatoms. The summed E-state index contributed by atoms with van der Waals surface area (Å²) in [5, 5.41) is 4.64. The molecule has 11 aromatic rings. The topological polar surface area (TPSA) is 48.5 Å². The first-order chi connectivity index (χ1) is 27.8. The van der Waals surface area contributed by atoms with Gasteiger partial charge < -0.3 is 4.57 Å². The van der Waals surface area contributed by atoms with Crippen molar-refractivity contribution < 1.29 is 0 Å². The lowest BCUT2D eigenvalue weighted by molar-refractivity contribution is 0.954. The van der Waals surface area contributed by atoms with Crippen molar-refractivity contribution in [2.45, 2.75) is 0 Å². The summed E-state index contributed by atoms with van der Waals surface area (Å²) < 4.78 is 4.57. The first-order valence-electron chi connectivity index (χ1n) is 18.9. The van der Waals surface area contributed by atoms with Gasteiger partial charge in [0.25, 0.3) is 0 Å². The molecule has 3 heterocycles. The van der Waals surface area contributed by atoms with Crippen LogP contribution in [-0.2, 0) is 0 Å². The van der Waals surface area contributed by atoms with Crippen LogP contribution in [0.5, 0.6) is 0 Å². The lowest BCUT2D eigenvalue weighted by Gasteiger charge is -2.11. The Morgan fingerprint density at radius 3 is 1.18 bits per heavy atom. The number of fused-ring (bicyclic) bond motifs is 6. The van der Waals surface area contributed by atoms with Crippen LogP contribution in [0.4, 0.5) is 0 Å². The maximum absolute atomic E-state index is 5.25. The zero-order valence-electron chi connectivity index (χ0n) is 30.3. The summed E-state index contributed by atoms with van der Waals surface area (Å²) in [5.74, 6) is 1.82. The molecule has 8 aromatic carbocycles. The first-order valence-corrected chi connectivity index (χ1v) is 18.9. The monoisotopic (exact) mass is 715 g/mol. The minimum absolute atomic E-state index is 0.576. The molecule has 0 radical (unpaired) electrons. The number of benzene rings is 8. The Labute approximate surface area is 323 Å². The summed E-state index contributed by atoms with van der Waals surface area (Å²) in [6, 6.07) is 70.3. The van der Waals surface area contributed by atoms with Gasteiger partial charge in [-0.25, -0.2) is 4.98 Å². The normalized spacial score (nSPS) is 11.6. The Morgan fingerprint density at radius 2 is 0.643 bits per heavy atom. The molecule has 0 saturated carbocycles. The largest absolute Gasteiger partial charge is 0.309 e. The van der Waals surface area contributed by atoms with Crippen LogP contribution in [0.3, 0.4) is 0 Å². The third-order valence-corrected chi connectivity index (χ3v) is 10.8. The highest BCUT2D eigenvalue weighted by atomic mass is 15.2. The molecule has 0 N–H and O–H groups in total. The van der Waals surface area contributed by atoms with Gasteiger partial charge in [0, 0.05) is 38.4 Å². The zero-order valence-corrected chi connectivity index (χ0v) is 30.3. The Bertz CT molecular complexity index is 3200. The summed E-state index contributed by atoms with van der Waals surface area (Å²) >= 11 is 0. The van der Waals surface area contributed by atoms with Crippen LogP contribution in [0.15, 0.2) is 200 Å². The quantitative estimate of drug-likeness (QED) is 0.172. The van der Waals surface area contributed by atoms with Gasteiger partial charge in [0.05, 0.1) is 22.1 Å². The van der Waals surface area contributed by atoms with Crippen molar-refractivity contribution in [3.8, 4) is 56.7 Å². The van der Waals surface area contributed by atoms with Crippen molar-refractivity contribution in [3.63, 3.8) is 0 Å². The SMILES string of the molecule is c1ccc(-c2ccc(-c3ccc(-c4nc(-c5ccccc5)nc(-n5c6ccccc6c6cc7c(cc65)c5ccccc5n7-c5ccccc5)n4)cc3)cc2)cc1. The molecular formula is C51H33N5. The maximum Gasteiger partial charge on any atom is 0.238 e. The van der Waals surface area contributed by atoms with Crippen molar-refractivity contribution in [1.29, 1.82) is 0 Å². The second-order valence-corrected chi connectivity index (χ2v) is 14.1. The van der Waals surface area contributed by atoms with Crippen molar-refractivity contribution in [3.05, 3.63) is 200 Å². The fourth-order valence-electron chi connectivity index (χ4n) is 8.11. The van der Waals surface area contributed by atoms with E-state index in [-0.39, 0.29) is 0 Å². The Balaban J connectivity index is 1.09. The molecule has 0 bridgehead atoms. The molecule has 0 aliphatic carbocycles. The van der Waals surface area contributed by atoms with Gasteiger partial charge in [-0.3, -0.25) is 4.57 Å². The van der Waals surface area contributed by atoms with Gasteiger partial charge in [0.1, 0.15) is 0 Å². The highest BCUT2D eigenvalue weighted by molar-refractivity contribution is 6.18. The molecule has 262 valence electrons. The summed E-state index contributed by atoms with van der Waals surface area (Å²) in [4.78, 5) is 15.5. The smallest absolute Gasteiger partial charge is 0.238 e. The van der Waals surface area contributed by atoms with Crippen LogP contribution in [0.1, 0.15) is 0 Å². The number of nitrogens with zero attached hydrogens (tertiary/aromatic N) is 5. The first kappa shape index (κ1) is 31.9. The Kier molecular flexibility index (Phi) is 7.42. The van der Waals surface area contributed by atoms with Crippen LogP contribution in [0.2, 0.25) is 0 Å². The van der Waals surface area contributed by atoms with Crippen molar-refractivity contribution in [2.75, 3.05) is 0 Å². The zero-order chi connectivity index (χ0) is 37.0. The minimum Gasteiger partial charge on any atom is -0.309 e. The van der Waals surface area contributed by atoms with E-state index in [1.54, 1.807) is 0 Å². The standard InChI is InChI=1S/C51H33N5/c1-4-14-34(15-5-1)35-24-26-36(27-25-35)37-28-30-39(31-29-37)50-52-49(38-16-6-2-7-17-38)53-51(54-50)56-46-23-13-11-21-42(46)44-32-47-43(33-48(44)56)41-20-10-12-22-45(41)55(47)40-18-8-3-9-19-40/h1-33H. The molecule has 56 heavy (non-hydrogen) atoms. The van der Waals surface area contributed by atoms with Crippen molar-refractivity contribution >= 4 is 43.6 Å². The number of hydrogen-bond donors (Lipinski definition) is 0. The molecule has 3 aromatic heterocycles. The van der Waals surface area contributed by atoms with Gasteiger partial charge in [0.15, 0.2) is 11.6 Å². The Hall–Kier alpha value is -7.63. The van der Waals surface area contributed by atoms with Crippen molar-refractivity contribution in [2.24, 2.45) is 0 Å². The van der Waals surface area contributed by atoms with E-state index in [2.05, 4.69) is 185 Å². The van der Waals surface area contributed by atoms with E-state index in [1.165, 1.54) is 27.4 Å². The molecular weight excluding hydrogens is 683 g/mol. The van der Waals surface area contributed by atoms with E-state index in [4.69, 9.17) is 15.0 Å². The summed E-state index contributed by atoms with van der Waals surface area (Å²) in [7, 11) is 0. The molecule has 0 aliphatic rings. The van der Waals surface area contributed by atoms with E-state index in [9.17, 15) is 0 Å². The van der Waals surface area contributed by atoms with Gasteiger partial charge in [-0.05, 0) is 58.7 Å². The summed E-state index contributed by atoms with van der Waals surface area (Å²) in [5.41, 5.74) is 12.1. The lowest BCUT2D eigenvalue weighted by atomic mass is 9.99. The van der Waals surface area contributed by atoms with Crippen LogP contribution >= 0.6 is 0 Å². The molecule has 5 nitrogen and oxygen atoms in total. The van der Waals surface area contributed by atoms with Crippen LogP contribution in [-0.4, -0.2) is 24.1 Å². The number of aromatic nitrogens is 5. The van der Waals surface area contributed by atoms with E-state index in [0.717, 1.165) is 55.3 Å². The second kappa shape index (κ2) is 13.0. The Morgan fingerprint density at radius 1 is 0.268 bits per heavy atom. The predicted molar refractivity (Wildman–Crippen MR) is 230 cm³/mol. The van der Waals surface area contributed by atoms with Gasteiger partial charge in [0.2, 0.25) is 5.95 Å². The molecule has 0 atom stereocenters. The third-order valence-electron chi connectivity index (χ3n) is 10.8. The summed E-state index contributed by atoms with van der Waals surface area (Å²) in [6.07, 6.45) is 0. The van der Waals surface area contributed by atoms with Crippen molar-refractivity contribution in [1.82, 2.24) is 24.1 Å². The highest BCUT2D eigenvalue weighted by Crippen LogP contribution is 2.39. The predicted octanol–water partition coefficient (Wildman–Crippen LogP) is 12.7. The minimum atomic E-state index is 0.576. The van der Waals surface area contributed by atoms with Gasteiger partial charge in [-0.1, -0.05) is 164 Å². The second-order valence-electron chi connectivity index (χ2n) is 14.1. The molecule has 0 aliphatic heterocycles. The van der Waals surface area contributed by atoms with E-state index >= 15 is 0 Å². The van der Waals surface area contributed by atoms with Crippen LogP contribution in [0, 0.1) is 0 Å². The van der Waals surface area contributed by atoms with Gasteiger partial charge in [-0.15, -0.1) is 0 Å². The molecule has 0 unspecified atom stereocenters. The van der Waals surface area contributed by atoms with Gasteiger partial charge in [-0.2, -0.15) is 9.97 Å². The van der Waals surface area contributed by atoms with E-state index in [1.807, 2.05) is 24.3 Å². The van der Waals surface area contributed by atoms with Gasteiger partial charge >= 0.3 is 0 Å². The molecule has 0 saturated heterocycles. The fraction of sp³-hybridized carbons (Fsp3) is 0. The number of rotatable bonds is 6. The molecule has 0 spiro atoms. The van der Waals surface area contributed by atoms with E-state index < -0.39 is 0 Å². The third kappa shape index (κ3) is 5.29.